The van der Waals surface area contributed by atoms with Gasteiger partial charge in [0.25, 0.3) is 5.70 Å². The molecular formula is C6H4NO2S. The highest BCUT2D eigenvalue weighted by atomic mass is 32.1. The predicted molar refractivity (Wildman–Crippen MR) is 40.1 cm³/mol. The Hall–Kier alpha value is -1.03. The van der Waals surface area contributed by atoms with Gasteiger partial charge in [-0.3, -0.25) is 10.1 Å². The van der Waals surface area contributed by atoms with E-state index in [-0.39, 0.29) is 5.70 Å². The van der Waals surface area contributed by atoms with Crippen LogP contribution in [0.2, 0.25) is 0 Å². The summed E-state index contributed by atoms with van der Waals surface area (Å²) < 4.78 is 0. The van der Waals surface area contributed by atoms with Gasteiger partial charge < -0.3 is 0 Å². The van der Waals surface area contributed by atoms with Crippen LogP contribution in [0.5, 0.6) is 0 Å². The lowest BCUT2D eigenvalue weighted by molar-refractivity contribution is -0.419. The predicted octanol–water partition coefficient (Wildman–Crippen LogP) is 1.28. The Bertz CT molecular complexity index is 242. The Morgan fingerprint density at radius 3 is 2.90 bits per heavy atom. The average Bonchev–Trinajstić information content (AvgIpc) is 1.88. The van der Waals surface area contributed by atoms with E-state index in [0.29, 0.717) is 11.3 Å². The number of rotatable bonds is 1. The molecule has 1 radical (unpaired) electrons. The molecule has 0 aromatic carbocycles. The molecule has 10 heavy (non-hydrogen) atoms. The van der Waals surface area contributed by atoms with Crippen molar-refractivity contribution >= 4 is 17.1 Å². The molecule has 0 amide bonds. The Balaban J connectivity index is 2.77. The van der Waals surface area contributed by atoms with Crippen LogP contribution in [0, 0.1) is 16.2 Å². The molecule has 3 nitrogen and oxygen atoms in total. The topological polar surface area (TPSA) is 43.1 Å². The molecular weight excluding hydrogens is 150 g/mol. The van der Waals surface area contributed by atoms with Crippen LogP contribution in [0.15, 0.2) is 17.8 Å². The van der Waals surface area contributed by atoms with Crippen molar-refractivity contribution < 1.29 is 4.92 Å². The van der Waals surface area contributed by atoms with Crippen molar-refractivity contribution in [3.05, 3.63) is 34.0 Å². The summed E-state index contributed by atoms with van der Waals surface area (Å²) in [4.78, 5) is 10.3. The molecule has 0 fully saturated rings. The Labute approximate surface area is 63.2 Å². The van der Waals surface area contributed by atoms with Crippen molar-refractivity contribution in [1.29, 1.82) is 0 Å². The van der Waals surface area contributed by atoms with Crippen LogP contribution in [0.1, 0.15) is 6.42 Å². The molecule has 0 N–H and O–H groups in total. The van der Waals surface area contributed by atoms with Crippen molar-refractivity contribution in [3.63, 3.8) is 0 Å². The van der Waals surface area contributed by atoms with Crippen LogP contribution in [-0.2, 0) is 0 Å². The first-order valence-electron chi connectivity index (χ1n) is 2.67. The first kappa shape index (κ1) is 7.08. The first-order chi connectivity index (χ1) is 4.70. The summed E-state index contributed by atoms with van der Waals surface area (Å²) in [7, 11) is 0. The second-order valence-corrected chi connectivity index (χ2v) is 2.29. The van der Waals surface area contributed by atoms with Gasteiger partial charge in [0.2, 0.25) is 0 Å². The molecule has 0 spiro atoms. The van der Waals surface area contributed by atoms with Gasteiger partial charge in [-0.05, 0) is 6.08 Å². The zero-order valence-corrected chi connectivity index (χ0v) is 5.85. The fourth-order valence-electron chi connectivity index (χ4n) is 0.597. The minimum atomic E-state index is -0.450. The highest BCUT2D eigenvalue weighted by Gasteiger charge is 2.09. The average molecular weight is 154 g/mol. The van der Waals surface area contributed by atoms with Crippen molar-refractivity contribution in [2.45, 2.75) is 6.42 Å². The van der Waals surface area contributed by atoms with Gasteiger partial charge in [0, 0.05) is 23.4 Å². The minimum absolute atomic E-state index is 0.0774. The van der Waals surface area contributed by atoms with Gasteiger partial charge in [-0.2, -0.15) is 0 Å². The SMILES string of the molecule is O=[N+]([O-])C1=CCC(=S)[C]=C1. The molecule has 0 atom stereocenters. The molecule has 0 aromatic heterocycles. The van der Waals surface area contributed by atoms with Gasteiger partial charge >= 0.3 is 0 Å². The molecule has 1 aliphatic rings. The summed E-state index contributed by atoms with van der Waals surface area (Å²) in [5.74, 6) is 0. The number of nitrogens with zero attached hydrogens (tertiary/aromatic N) is 1. The Kier molecular flexibility index (Phi) is 1.91. The van der Waals surface area contributed by atoms with Crippen LogP contribution >= 0.6 is 12.2 Å². The highest BCUT2D eigenvalue weighted by molar-refractivity contribution is 7.80. The standard InChI is InChI=1S/C6H4NO2S/c8-7(9)5-1-3-6(10)4-2-5/h1-2H,3H2. The first-order valence-corrected chi connectivity index (χ1v) is 3.08. The van der Waals surface area contributed by atoms with Gasteiger partial charge in [0.15, 0.2) is 0 Å². The molecule has 1 aliphatic carbocycles. The number of nitro groups is 1. The van der Waals surface area contributed by atoms with E-state index in [4.69, 9.17) is 12.2 Å². The van der Waals surface area contributed by atoms with E-state index in [1.807, 2.05) is 0 Å². The van der Waals surface area contributed by atoms with E-state index < -0.39 is 4.92 Å². The molecule has 0 aromatic rings. The molecule has 0 bridgehead atoms. The third kappa shape index (κ3) is 1.48. The lowest BCUT2D eigenvalue weighted by atomic mass is 10.1. The zero-order chi connectivity index (χ0) is 7.56. The fraction of sp³-hybridized carbons (Fsp3) is 0.167. The summed E-state index contributed by atoms with van der Waals surface area (Å²) >= 11 is 4.74. The van der Waals surface area contributed by atoms with Crippen molar-refractivity contribution in [3.8, 4) is 0 Å². The maximum Gasteiger partial charge on any atom is 0.266 e. The van der Waals surface area contributed by atoms with E-state index in [9.17, 15) is 10.1 Å². The summed E-state index contributed by atoms with van der Waals surface area (Å²) in [6, 6.07) is 0. The van der Waals surface area contributed by atoms with Gasteiger partial charge in [-0.1, -0.05) is 12.2 Å². The quantitative estimate of drug-likeness (QED) is 0.324. The number of hydrogen-bond donors (Lipinski definition) is 0. The molecule has 0 saturated carbocycles. The summed E-state index contributed by atoms with van der Waals surface area (Å²) in [5, 5.41) is 10.1. The monoisotopic (exact) mass is 154 g/mol. The van der Waals surface area contributed by atoms with Crippen molar-refractivity contribution in [2.24, 2.45) is 0 Å². The second-order valence-electron chi connectivity index (χ2n) is 1.80. The van der Waals surface area contributed by atoms with Crippen molar-refractivity contribution in [2.75, 3.05) is 0 Å². The Morgan fingerprint density at radius 1 is 1.80 bits per heavy atom. The molecule has 51 valence electrons. The second kappa shape index (κ2) is 2.70. The maximum atomic E-state index is 10.1. The molecule has 0 unspecified atom stereocenters. The number of hydrogen-bond acceptors (Lipinski definition) is 3. The Morgan fingerprint density at radius 2 is 2.50 bits per heavy atom. The summed E-state index contributed by atoms with van der Waals surface area (Å²) in [5.41, 5.74) is 0.0774. The lowest BCUT2D eigenvalue weighted by Crippen LogP contribution is -2.02. The third-order valence-corrected chi connectivity index (χ3v) is 1.37. The maximum absolute atomic E-state index is 10.1. The van der Waals surface area contributed by atoms with Crippen LogP contribution in [0.4, 0.5) is 0 Å². The minimum Gasteiger partial charge on any atom is -0.258 e. The van der Waals surface area contributed by atoms with Crippen molar-refractivity contribution in [1.82, 2.24) is 0 Å². The number of allylic oxidation sites excluding steroid dienone is 3. The van der Waals surface area contributed by atoms with E-state index in [0.717, 1.165) is 0 Å². The van der Waals surface area contributed by atoms with Gasteiger partial charge in [0.05, 0.1) is 4.92 Å². The van der Waals surface area contributed by atoms with Crippen LogP contribution in [0.3, 0.4) is 0 Å². The van der Waals surface area contributed by atoms with Crippen LogP contribution < -0.4 is 0 Å². The molecule has 0 heterocycles. The normalized spacial score (nSPS) is 16.8. The van der Waals surface area contributed by atoms with E-state index >= 15 is 0 Å². The lowest BCUT2D eigenvalue weighted by Gasteiger charge is -1.96. The van der Waals surface area contributed by atoms with Gasteiger partial charge in [0.1, 0.15) is 0 Å². The van der Waals surface area contributed by atoms with Gasteiger partial charge in [-0.25, -0.2) is 0 Å². The summed E-state index contributed by atoms with van der Waals surface area (Å²) in [6.45, 7) is 0. The largest absolute Gasteiger partial charge is 0.266 e. The van der Waals surface area contributed by atoms with Crippen LogP contribution in [0.25, 0.3) is 0 Å². The summed E-state index contributed by atoms with van der Waals surface area (Å²) in [6.07, 6.45) is 5.85. The zero-order valence-electron chi connectivity index (χ0n) is 5.03. The third-order valence-electron chi connectivity index (χ3n) is 1.09. The molecule has 4 heteroatoms. The fourth-order valence-corrected chi connectivity index (χ4v) is 0.739. The van der Waals surface area contributed by atoms with Crippen LogP contribution in [-0.4, -0.2) is 9.79 Å². The van der Waals surface area contributed by atoms with E-state index in [1.54, 1.807) is 0 Å². The molecule has 0 saturated heterocycles. The highest BCUT2D eigenvalue weighted by Crippen LogP contribution is 2.07. The van der Waals surface area contributed by atoms with E-state index in [1.165, 1.54) is 12.2 Å². The molecule has 1 rings (SSSR count). The smallest absolute Gasteiger partial charge is 0.258 e. The van der Waals surface area contributed by atoms with E-state index in [2.05, 4.69) is 6.08 Å². The van der Waals surface area contributed by atoms with Gasteiger partial charge in [-0.15, -0.1) is 0 Å². The number of thiocarbonyl (C=S) groups is 1. The molecule has 0 aliphatic heterocycles.